The first-order valence-electron chi connectivity index (χ1n) is 7.90. The average Bonchev–Trinajstić information content (AvgIpc) is 3.13. The van der Waals surface area contributed by atoms with Gasteiger partial charge in [0.05, 0.1) is 16.8 Å². The predicted octanol–water partition coefficient (Wildman–Crippen LogP) is 3.95. The van der Waals surface area contributed by atoms with Crippen LogP contribution in [0.4, 0.5) is 11.4 Å². The second-order valence-corrected chi connectivity index (χ2v) is 7.56. The summed E-state index contributed by atoms with van der Waals surface area (Å²) in [4.78, 5) is 12.2. The maximum Gasteiger partial charge on any atom is 0.291 e. The molecule has 1 heterocycles. The molecule has 0 fully saturated rings. The second-order valence-electron chi connectivity index (χ2n) is 5.88. The van der Waals surface area contributed by atoms with E-state index in [1.807, 2.05) is 6.92 Å². The number of sulfonamides is 1. The van der Waals surface area contributed by atoms with Crippen molar-refractivity contribution in [1.82, 2.24) is 0 Å². The van der Waals surface area contributed by atoms with Gasteiger partial charge in [-0.25, -0.2) is 8.42 Å². The normalized spacial score (nSPS) is 11.2. The summed E-state index contributed by atoms with van der Waals surface area (Å²) in [6.07, 6.45) is 1.41. The van der Waals surface area contributed by atoms with Crippen molar-refractivity contribution in [3.8, 4) is 0 Å². The van der Waals surface area contributed by atoms with Gasteiger partial charge in [0.1, 0.15) is 0 Å². The predicted molar refractivity (Wildman–Crippen MR) is 99.8 cm³/mol. The van der Waals surface area contributed by atoms with E-state index in [1.54, 1.807) is 61.5 Å². The van der Waals surface area contributed by atoms with Crippen LogP contribution in [0.3, 0.4) is 0 Å². The molecule has 2 N–H and O–H groups in total. The fraction of sp³-hybridized carbons (Fsp3) is 0.105. The molecule has 3 rings (SSSR count). The van der Waals surface area contributed by atoms with E-state index in [4.69, 9.17) is 4.42 Å². The van der Waals surface area contributed by atoms with Crippen LogP contribution in [0.1, 0.15) is 21.7 Å². The average molecular weight is 370 g/mol. The Hall–Kier alpha value is -3.06. The number of amides is 1. The Bertz CT molecular complexity index is 1020. The summed E-state index contributed by atoms with van der Waals surface area (Å²) < 4.78 is 32.8. The van der Waals surface area contributed by atoms with Crippen molar-refractivity contribution in [2.45, 2.75) is 18.7 Å². The van der Waals surface area contributed by atoms with Gasteiger partial charge in [0.2, 0.25) is 0 Å². The highest BCUT2D eigenvalue weighted by molar-refractivity contribution is 7.92. The Balaban J connectivity index is 1.83. The van der Waals surface area contributed by atoms with E-state index in [0.717, 1.165) is 11.1 Å². The molecule has 26 heavy (non-hydrogen) atoms. The SMILES string of the molecule is Cc1ccc(S(=O)(=O)Nc2cc(NC(=O)c3ccco3)ccc2C)cc1. The molecule has 0 saturated heterocycles. The molecule has 1 aromatic heterocycles. The molecule has 1 amide bonds. The van der Waals surface area contributed by atoms with Gasteiger partial charge in [-0.1, -0.05) is 23.8 Å². The Labute approximate surface area is 151 Å². The Kier molecular flexibility index (Phi) is 4.81. The van der Waals surface area contributed by atoms with Crippen LogP contribution in [-0.4, -0.2) is 14.3 Å². The van der Waals surface area contributed by atoms with E-state index in [9.17, 15) is 13.2 Å². The molecule has 3 aromatic rings. The molecule has 0 aliphatic heterocycles. The molecule has 0 radical (unpaired) electrons. The molecule has 0 unspecified atom stereocenters. The zero-order valence-electron chi connectivity index (χ0n) is 14.3. The summed E-state index contributed by atoms with van der Waals surface area (Å²) >= 11 is 0. The highest BCUT2D eigenvalue weighted by atomic mass is 32.2. The lowest BCUT2D eigenvalue weighted by molar-refractivity contribution is 0.0996. The highest BCUT2D eigenvalue weighted by Crippen LogP contribution is 2.24. The first-order valence-corrected chi connectivity index (χ1v) is 9.38. The zero-order chi connectivity index (χ0) is 18.7. The molecule has 0 spiro atoms. The number of furan rings is 1. The van der Waals surface area contributed by atoms with Crippen molar-refractivity contribution in [3.05, 3.63) is 77.7 Å². The summed E-state index contributed by atoms with van der Waals surface area (Å²) in [5, 5.41) is 2.68. The summed E-state index contributed by atoms with van der Waals surface area (Å²) in [5.74, 6) is -0.237. The monoisotopic (exact) mass is 370 g/mol. The van der Waals surface area contributed by atoms with Gasteiger partial charge in [-0.15, -0.1) is 0 Å². The van der Waals surface area contributed by atoms with E-state index < -0.39 is 15.9 Å². The third-order valence-electron chi connectivity index (χ3n) is 3.82. The molecule has 134 valence electrons. The number of aryl methyl sites for hydroxylation is 2. The third kappa shape index (κ3) is 3.94. The Morgan fingerprint density at radius 2 is 1.73 bits per heavy atom. The maximum atomic E-state index is 12.6. The van der Waals surface area contributed by atoms with E-state index in [2.05, 4.69) is 10.0 Å². The van der Waals surface area contributed by atoms with Crippen molar-refractivity contribution >= 4 is 27.3 Å². The number of anilines is 2. The lowest BCUT2D eigenvalue weighted by Crippen LogP contribution is -2.15. The minimum absolute atomic E-state index is 0.173. The molecule has 7 heteroatoms. The van der Waals surface area contributed by atoms with Crippen LogP contribution in [0, 0.1) is 13.8 Å². The Morgan fingerprint density at radius 3 is 2.38 bits per heavy atom. The van der Waals surface area contributed by atoms with Gasteiger partial charge < -0.3 is 9.73 Å². The number of benzene rings is 2. The molecular formula is C19H18N2O4S. The largest absolute Gasteiger partial charge is 0.459 e. The summed E-state index contributed by atoms with van der Waals surface area (Å²) in [7, 11) is -3.72. The van der Waals surface area contributed by atoms with E-state index in [0.29, 0.717) is 11.4 Å². The van der Waals surface area contributed by atoms with Crippen molar-refractivity contribution in [2.75, 3.05) is 10.0 Å². The molecule has 0 aliphatic carbocycles. The Morgan fingerprint density at radius 1 is 1.00 bits per heavy atom. The number of nitrogens with one attached hydrogen (secondary N) is 2. The first kappa shape index (κ1) is 17.8. The fourth-order valence-electron chi connectivity index (χ4n) is 2.33. The van der Waals surface area contributed by atoms with Crippen LogP contribution in [-0.2, 0) is 10.0 Å². The minimum Gasteiger partial charge on any atom is -0.459 e. The topological polar surface area (TPSA) is 88.4 Å². The standard InChI is InChI=1S/C19H18N2O4S/c1-13-5-9-16(10-6-13)26(23,24)21-17-12-15(8-7-14(17)2)20-19(22)18-4-3-11-25-18/h3-12,21H,1-2H3,(H,20,22). The third-order valence-corrected chi connectivity index (χ3v) is 5.20. The highest BCUT2D eigenvalue weighted by Gasteiger charge is 2.16. The number of hydrogen-bond acceptors (Lipinski definition) is 4. The van der Waals surface area contributed by atoms with Crippen LogP contribution in [0.15, 0.2) is 70.2 Å². The molecule has 0 bridgehead atoms. The quantitative estimate of drug-likeness (QED) is 0.712. The van der Waals surface area contributed by atoms with E-state index in [-0.39, 0.29) is 10.7 Å². The first-order chi connectivity index (χ1) is 12.3. The minimum atomic E-state index is -3.72. The summed E-state index contributed by atoms with van der Waals surface area (Å²) in [5.41, 5.74) is 2.56. The molecule has 6 nitrogen and oxygen atoms in total. The number of carbonyl (C=O) groups is 1. The van der Waals surface area contributed by atoms with Gasteiger partial charge in [-0.3, -0.25) is 9.52 Å². The van der Waals surface area contributed by atoms with Crippen molar-refractivity contribution < 1.29 is 17.6 Å². The number of hydrogen-bond donors (Lipinski definition) is 2. The smallest absolute Gasteiger partial charge is 0.291 e. The number of carbonyl (C=O) groups excluding carboxylic acids is 1. The summed E-state index contributed by atoms with van der Waals surface area (Å²) in [6, 6.07) is 14.7. The lowest BCUT2D eigenvalue weighted by Gasteiger charge is -2.13. The van der Waals surface area contributed by atoms with Crippen molar-refractivity contribution in [2.24, 2.45) is 0 Å². The summed E-state index contributed by atoms with van der Waals surface area (Å²) in [6.45, 7) is 3.67. The van der Waals surface area contributed by atoms with Gasteiger partial charge in [-0.2, -0.15) is 0 Å². The van der Waals surface area contributed by atoms with Gasteiger partial charge >= 0.3 is 0 Å². The fourth-order valence-corrected chi connectivity index (χ4v) is 3.45. The maximum absolute atomic E-state index is 12.6. The van der Waals surface area contributed by atoms with Crippen LogP contribution in [0.25, 0.3) is 0 Å². The second kappa shape index (κ2) is 7.05. The molecule has 2 aromatic carbocycles. The van der Waals surface area contributed by atoms with Crippen LogP contribution in [0.5, 0.6) is 0 Å². The van der Waals surface area contributed by atoms with E-state index >= 15 is 0 Å². The lowest BCUT2D eigenvalue weighted by atomic mass is 10.2. The van der Waals surface area contributed by atoms with Crippen molar-refractivity contribution in [3.63, 3.8) is 0 Å². The molecule has 0 saturated carbocycles. The van der Waals surface area contributed by atoms with Crippen LogP contribution >= 0.6 is 0 Å². The van der Waals surface area contributed by atoms with E-state index in [1.165, 1.54) is 6.26 Å². The zero-order valence-corrected chi connectivity index (χ0v) is 15.1. The van der Waals surface area contributed by atoms with Crippen LogP contribution < -0.4 is 10.0 Å². The van der Waals surface area contributed by atoms with Gasteiger partial charge in [0.15, 0.2) is 5.76 Å². The van der Waals surface area contributed by atoms with Crippen LogP contribution in [0.2, 0.25) is 0 Å². The molecular weight excluding hydrogens is 352 g/mol. The van der Waals surface area contributed by atoms with Gasteiger partial charge in [0, 0.05) is 5.69 Å². The number of rotatable bonds is 5. The van der Waals surface area contributed by atoms with Gasteiger partial charge in [-0.05, 0) is 55.8 Å². The van der Waals surface area contributed by atoms with Gasteiger partial charge in [0.25, 0.3) is 15.9 Å². The van der Waals surface area contributed by atoms with Crippen molar-refractivity contribution in [1.29, 1.82) is 0 Å². The molecule has 0 atom stereocenters. The molecule has 0 aliphatic rings.